The molecule has 24 heavy (non-hydrogen) atoms. The summed E-state index contributed by atoms with van der Waals surface area (Å²) in [4.78, 5) is 12.0. The summed E-state index contributed by atoms with van der Waals surface area (Å²) < 4.78 is 23.9. The van der Waals surface area contributed by atoms with E-state index in [4.69, 9.17) is 20.8 Å². The Kier molecular flexibility index (Phi) is 4.67. The van der Waals surface area contributed by atoms with Crippen molar-refractivity contribution >= 4 is 17.6 Å². The maximum atomic E-state index is 13.2. The van der Waals surface area contributed by atoms with Gasteiger partial charge in [0.25, 0.3) is 0 Å². The SMILES string of the molecule is CCOC(=O)c1cc(-c2cccc(Cl)c2)c(-c2ccc(F)cc2)o1. The summed E-state index contributed by atoms with van der Waals surface area (Å²) in [6.45, 7) is 1.97. The molecule has 122 valence electrons. The first-order valence-corrected chi connectivity index (χ1v) is 7.79. The van der Waals surface area contributed by atoms with Gasteiger partial charge in [-0.1, -0.05) is 23.7 Å². The van der Waals surface area contributed by atoms with Crippen molar-refractivity contribution in [1.82, 2.24) is 0 Å². The van der Waals surface area contributed by atoms with Gasteiger partial charge in [-0.15, -0.1) is 0 Å². The number of carbonyl (C=O) groups excluding carboxylic acids is 1. The number of esters is 1. The molecule has 0 aliphatic rings. The van der Waals surface area contributed by atoms with Gasteiger partial charge in [0, 0.05) is 16.1 Å². The summed E-state index contributed by atoms with van der Waals surface area (Å²) in [7, 11) is 0. The van der Waals surface area contributed by atoms with Crippen molar-refractivity contribution in [2.75, 3.05) is 6.61 Å². The minimum atomic E-state index is -0.547. The Balaban J connectivity index is 2.14. The molecule has 0 radical (unpaired) electrons. The lowest BCUT2D eigenvalue weighted by Crippen LogP contribution is -2.02. The van der Waals surface area contributed by atoms with Gasteiger partial charge in [-0.25, -0.2) is 9.18 Å². The first-order chi connectivity index (χ1) is 11.6. The number of hydrogen-bond donors (Lipinski definition) is 0. The lowest BCUT2D eigenvalue weighted by atomic mass is 10.0. The van der Waals surface area contributed by atoms with Crippen LogP contribution in [0.15, 0.2) is 59.0 Å². The molecular formula is C19H14ClFO3. The third kappa shape index (κ3) is 3.34. The largest absolute Gasteiger partial charge is 0.460 e. The molecule has 0 atom stereocenters. The van der Waals surface area contributed by atoms with E-state index in [9.17, 15) is 9.18 Å². The average molecular weight is 345 g/mol. The molecule has 2 aromatic carbocycles. The van der Waals surface area contributed by atoms with Crippen molar-refractivity contribution in [3.8, 4) is 22.5 Å². The van der Waals surface area contributed by atoms with Gasteiger partial charge in [0.05, 0.1) is 6.61 Å². The summed E-state index contributed by atoms with van der Waals surface area (Å²) in [5.41, 5.74) is 2.13. The molecule has 1 aromatic heterocycles. The molecule has 0 fully saturated rings. The number of halogens is 2. The van der Waals surface area contributed by atoms with Crippen LogP contribution in [0.25, 0.3) is 22.5 Å². The second-order valence-electron chi connectivity index (χ2n) is 5.09. The average Bonchev–Trinajstić information content (AvgIpc) is 3.01. The van der Waals surface area contributed by atoms with Gasteiger partial charge in [0.15, 0.2) is 0 Å². The quantitative estimate of drug-likeness (QED) is 0.580. The van der Waals surface area contributed by atoms with E-state index in [2.05, 4.69) is 0 Å². The smallest absolute Gasteiger partial charge is 0.374 e. The van der Waals surface area contributed by atoms with Crippen LogP contribution in [0, 0.1) is 5.82 Å². The van der Waals surface area contributed by atoms with Crippen LogP contribution >= 0.6 is 11.6 Å². The van der Waals surface area contributed by atoms with E-state index < -0.39 is 5.97 Å². The molecule has 0 bridgehead atoms. The molecular weight excluding hydrogens is 331 g/mol. The minimum Gasteiger partial charge on any atom is -0.460 e. The van der Waals surface area contributed by atoms with E-state index in [0.29, 0.717) is 21.9 Å². The van der Waals surface area contributed by atoms with Crippen LogP contribution < -0.4 is 0 Å². The molecule has 0 aliphatic carbocycles. The Hall–Kier alpha value is -2.59. The van der Waals surface area contributed by atoms with Gasteiger partial charge in [0.1, 0.15) is 11.6 Å². The summed E-state index contributed by atoms with van der Waals surface area (Å²) in [5.74, 6) is -0.346. The Morgan fingerprint density at radius 1 is 1.12 bits per heavy atom. The highest BCUT2D eigenvalue weighted by Gasteiger charge is 2.20. The van der Waals surface area contributed by atoms with E-state index in [1.807, 2.05) is 12.1 Å². The molecule has 3 nitrogen and oxygen atoms in total. The number of furan rings is 1. The summed E-state index contributed by atoms with van der Waals surface area (Å²) in [6, 6.07) is 14.7. The van der Waals surface area contributed by atoms with Gasteiger partial charge in [-0.3, -0.25) is 0 Å². The highest BCUT2D eigenvalue weighted by atomic mass is 35.5. The predicted octanol–water partition coefficient (Wildman–Crippen LogP) is 5.58. The second kappa shape index (κ2) is 6.89. The Morgan fingerprint density at radius 2 is 1.88 bits per heavy atom. The highest BCUT2D eigenvalue weighted by molar-refractivity contribution is 6.30. The maximum Gasteiger partial charge on any atom is 0.374 e. The highest BCUT2D eigenvalue weighted by Crippen LogP contribution is 2.36. The maximum absolute atomic E-state index is 13.2. The lowest BCUT2D eigenvalue weighted by Gasteiger charge is -2.03. The molecule has 0 saturated carbocycles. The minimum absolute atomic E-state index is 0.0890. The van der Waals surface area contributed by atoms with Crippen LogP contribution in [-0.4, -0.2) is 12.6 Å². The molecule has 0 unspecified atom stereocenters. The summed E-state index contributed by atoms with van der Waals surface area (Å²) >= 11 is 6.06. The number of benzene rings is 2. The molecule has 0 saturated heterocycles. The number of rotatable bonds is 4. The molecule has 1 heterocycles. The van der Waals surface area contributed by atoms with Crippen molar-refractivity contribution in [2.45, 2.75) is 6.92 Å². The van der Waals surface area contributed by atoms with Crippen molar-refractivity contribution in [1.29, 1.82) is 0 Å². The number of carbonyl (C=O) groups is 1. The van der Waals surface area contributed by atoms with E-state index in [1.165, 1.54) is 12.1 Å². The van der Waals surface area contributed by atoms with Crippen molar-refractivity contribution in [2.24, 2.45) is 0 Å². The first kappa shape index (κ1) is 16.3. The fraction of sp³-hybridized carbons (Fsp3) is 0.105. The third-order valence-electron chi connectivity index (χ3n) is 3.45. The molecule has 3 rings (SSSR count). The van der Waals surface area contributed by atoms with Crippen LogP contribution in [0.4, 0.5) is 4.39 Å². The normalized spacial score (nSPS) is 10.6. The topological polar surface area (TPSA) is 39.4 Å². The van der Waals surface area contributed by atoms with Crippen LogP contribution in [0.2, 0.25) is 5.02 Å². The van der Waals surface area contributed by atoms with E-state index in [0.717, 1.165) is 5.56 Å². The number of hydrogen-bond acceptors (Lipinski definition) is 3. The van der Waals surface area contributed by atoms with Gasteiger partial charge < -0.3 is 9.15 Å². The van der Waals surface area contributed by atoms with E-state index >= 15 is 0 Å². The van der Waals surface area contributed by atoms with Crippen molar-refractivity contribution < 1.29 is 18.3 Å². The van der Waals surface area contributed by atoms with Crippen LogP contribution in [-0.2, 0) is 4.74 Å². The van der Waals surface area contributed by atoms with Crippen molar-refractivity contribution in [3.63, 3.8) is 0 Å². The Labute approximate surface area is 143 Å². The van der Waals surface area contributed by atoms with E-state index in [-0.39, 0.29) is 18.2 Å². The fourth-order valence-electron chi connectivity index (χ4n) is 2.38. The zero-order valence-corrected chi connectivity index (χ0v) is 13.6. The second-order valence-corrected chi connectivity index (χ2v) is 5.53. The van der Waals surface area contributed by atoms with Gasteiger partial charge in [-0.2, -0.15) is 0 Å². The molecule has 0 aliphatic heterocycles. The molecule has 5 heteroatoms. The predicted molar refractivity (Wildman–Crippen MR) is 90.5 cm³/mol. The zero-order chi connectivity index (χ0) is 17.1. The summed E-state index contributed by atoms with van der Waals surface area (Å²) in [6.07, 6.45) is 0. The molecule has 0 amide bonds. The van der Waals surface area contributed by atoms with Crippen LogP contribution in [0.5, 0.6) is 0 Å². The number of ether oxygens (including phenoxy) is 1. The molecule has 0 N–H and O–H groups in total. The monoisotopic (exact) mass is 344 g/mol. The summed E-state index contributed by atoms with van der Waals surface area (Å²) in [5, 5.41) is 0.566. The van der Waals surface area contributed by atoms with Crippen LogP contribution in [0.1, 0.15) is 17.5 Å². The van der Waals surface area contributed by atoms with Gasteiger partial charge >= 0.3 is 5.97 Å². The van der Waals surface area contributed by atoms with E-state index in [1.54, 1.807) is 37.3 Å². The van der Waals surface area contributed by atoms with Gasteiger partial charge in [0.2, 0.25) is 5.76 Å². The van der Waals surface area contributed by atoms with Crippen LogP contribution in [0.3, 0.4) is 0 Å². The molecule has 3 aromatic rings. The van der Waals surface area contributed by atoms with Crippen molar-refractivity contribution in [3.05, 3.63) is 71.2 Å². The Morgan fingerprint density at radius 3 is 2.54 bits per heavy atom. The first-order valence-electron chi connectivity index (χ1n) is 7.41. The molecule has 0 spiro atoms. The standard InChI is InChI=1S/C19H14ClFO3/c1-2-23-19(22)17-11-16(13-4-3-5-14(20)10-13)18(24-17)12-6-8-15(21)9-7-12/h3-11H,2H2,1H3. The Bertz CT molecular complexity index is 869. The van der Waals surface area contributed by atoms with Gasteiger partial charge in [-0.05, 0) is 55.0 Å². The lowest BCUT2D eigenvalue weighted by molar-refractivity contribution is 0.0491. The third-order valence-corrected chi connectivity index (χ3v) is 3.69. The fourth-order valence-corrected chi connectivity index (χ4v) is 2.57. The zero-order valence-electron chi connectivity index (χ0n) is 12.9.